The second-order valence-electron chi connectivity index (χ2n) is 7.49. The quantitative estimate of drug-likeness (QED) is 0.670. The van der Waals surface area contributed by atoms with Crippen LogP contribution in [0.1, 0.15) is 48.6 Å². The fraction of sp³-hybridized carbons (Fsp3) is 0.455. The predicted molar refractivity (Wildman–Crippen MR) is 110 cm³/mol. The second-order valence-corrected chi connectivity index (χ2v) is 8.47. The lowest BCUT2D eigenvalue weighted by Gasteiger charge is -2.33. The monoisotopic (exact) mass is 438 g/mol. The first-order valence-corrected chi connectivity index (χ1v) is 11.0. The van der Waals surface area contributed by atoms with Crippen molar-refractivity contribution in [1.82, 2.24) is 10.2 Å². The lowest BCUT2D eigenvalue weighted by molar-refractivity contribution is -0.188. The molecular weight excluding hydrogens is 413 g/mol. The number of nitrogens with zero attached hydrogens (tertiary/aromatic N) is 1. The Balaban J connectivity index is 1.87. The van der Waals surface area contributed by atoms with Crippen molar-refractivity contribution < 1.29 is 22.8 Å². The topological polar surface area (TPSA) is 49.4 Å². The third-order valence-electron chi connectivity index (χ3n) is 5.31. The summed E-state index contributed by atoms with van der Waals surface area (Å²) in [7, 11) is 0. The average molecular weight is 439 g/mol. The number of carbonyl (C=O) groups is 2. The van der Waals surface area contributed by atoms with Crippen LogP contribution in [-0.4, -0.2) is 35.5 Å². The summed E-state index contributed by atoms with van der Waals surface area (Å²) in [5, 5.41) is 4.60. The maximum absolute atomic E-state index is 13.4. The summed E-state index contributed by atoms with van der Waals surface area (Å²) < 4.78 is 40.3. The fourth-order valence-corrected chi connectivity index (χ4v) is 4.64. The predicted octanol–water partition coefficient (Wildman–Crippen LogP) is 4.87. The SMILES string of the molecule is O=C(NC1CCCCC1)[C@H](c1cccs1)N(CCc1ccccc1)C(=O)C(F)(F)F. The Kier molecular flexibility index (Phi) is 7.53. The van der Waals surface area contributed by atoms with Gasteiger partial charge in [0.25, 0.3) is 0 Å². The number of rotatable bonds is 7. The number of thiophene rings is 1. The Morgan fingerprint density at radius 3 is 2.37 bits per heavy atom. The highest BCUT2D eigenvalue weighted by atomic mass is 32.1. The van der Waals surface area contributed by atoms with Gasteiger partial charge in [0.05, 0.1) is 0 Å². The van der Waals surface area contributed by atoms with Gasteiger partial charge in [-0.25, -0.2) is 0 Å². The van der Waals surface area contributed by atoms with E-state index in [2.05, 4.69) is 5.32 Å². The summed E-state index contributed by atoms with van der Waals surface area (Å²) in [6.45, 7) is -0.205. The van der Waals surface area contributed by atoms with Crippen molar-refractivity contribution in [2.75, 3.05) is 6.54 Å². The van der Waals surface area contributed by atoms with Crippen molar-refractivity contribution in [2.24, 2.45) is 0 Å². The molecule has 1 aliphatic rings. The molecule has 8 heteroatoms. The maximum atomic E-state index is 13.4. The largest absolute Gasteiger partial charge is 0.471 e. The Bertz CT molecular complexity index is 819. The standard InChI is InChI=1S/C22H25F3N2O2S/c23-22(24,25)21(29)27(14-13-16-8-3-1-4-9-16)19(18-12-7-15-30-18)20(28)26-17-10-5-2-6-11-17/h1,3-4,7-9,12,15,17,19H,2,5-6,10-11,13-14H2,(H,26,28)/t19-/m0/s1. The van der Waals surface area contributed by atoms with E-state index in [-0.39, 0.29) is 19.0 Å². The van der Waals surface area contributed by atoms with Crippen molar-refractivity contribution >= 4 is 23.2 Å². The summed E-state index contributed by atoms with van der Waals surface area (Å²) in [4.78, 5) is 26.6. The van der Waals surface area contributed by atoms with Crippen LogP contribution in [0.2, 0.25) is 0 Å². The number of halogens is 3. The Morgan fingerprint density at radius 2 is 1.77 bits per heavy atom. The molecule has 1 atom stereocenters. The van der Waals surface area contributed by atoms with Gasteiger partial charge in [-0.05, 0) is 36.3 Å². The molecule has 3 rings (SSSR count). The molecular formula is C22H25F3N2O2S. The number of hydrogen-bond donors (Lipinski definition) is 1. The summed E-state index contributed by atoms with van der Waals surface area (Å²) in [6, 6.07) is 10.9. The molecule has 162 valence electrons. The molecule has 0 saturated heterocycles. The number of hydrogen-bond acceptors (Lipinski definition) is 3. The van der Waals surface area contributed by atoms with Gasteiger partial charge in [0, 0.05) is 17.5 Å². The number of benzene rings is 1. The van der Waals surface area contributed by atoms with Crippen LogP contribution in [0.3, 0.4) is 0 Å². The number of alkyl halides is 3. The van der Waals surface area contributed by atoms with Crippen molar-refractivity contribution in [1.29, 1.82) is 0 Å². The molecule has 0 bridgehead atoms. The zero-order chi connectivity index (χ0) is 21.6. The molecule has 1 heterocycles. The molecule has 0 aliphatic heterocycles. The molecule has 2 amide bonds. The highest BCUT2D eigenvalue weighted by molar-refractivity contribution is 7.10. The summed E-state index contributed by atoms with van der Waals surface area (Å²) in [5.74, 6) is -2.54. The third kappa shape index (κ3) is 5.84. The minimum absolute atomic E-state index is 0.0642. The van der Waals surface area contributed by atoms with Crippen molar-refractivity contribution in [2.45, 2.75) is 56.8 Å². The summed E-state index contributed by atoms with van der Waals surface area (Å²) >= 11 is 1.18. The smallest absolute Gasteiger partial charge is 0.351 e. The third-order valence-corrected chi connectivity index (χ3v) is 6.24. The van der Waals surface area contributed by atoms with Crippen LogP contribution in [0.5, 0.6) is 0 Å². The van der Waals surface area contributed by atoms with E-state index in [1.54, 1.807) is 41.8 Å². The molecule has 1 aromatic heterocycles. The molecule has 1 aromatic carbocycles. The lowest BCUT2D eigenvalue weighted by Crippen LogP contribution is -2.50. The zero-order valence-electron chi connectivity index (χ0n) is 16.5. The van der Waals surface area contributed by atoms with E-state index in [4.69, 9.17) is 0 Å². The van der Waals surface area contributed by atoms with E-state index in [1.807, 2.05) is 6.07 Å². The number of nitrogens with one attached hydrogen (secondary N) is 1. The highest BCUT2D eigenvalue weighted by Crippen LogP contribution is 2.31. The van der Waals surface area contributed by atoms with Crippen LogP contribution >= 0.6 is 11.3 Å². The molecule has 1 N–H and O–H groups in total. The molecule has 0 spiro atoms. The van der Waals surface area contributed by atoms with Crippen LogP contribution in [0.25, 0.3) is 0 Å². The normalized spacial score (nSPS) is 16.1. The van der Waals surface area contributed by atoms with Gasteiger partial charge in [-0.3, -0.25) is 9.59 Å². The van der Waals surface area contributed by atoms with Crippen LogP contribution in [0, 0.1) is 0 Å². The van der Waals surface area contributed by atoms with Gasteiger partial charge in [-0.2, -0.15) is 13.2 Å². The van der Waals surface area contributed by atoms with E-state index in [1.165, 1.54) is 11.3 Å². The van der Waals surface area contributed by atoms with Crippen LogP contribution in [0.4, 0.5) is 13.2 Å². The molecule has 0 radical (unpaired) electrons. The summed E-state index contributed by atoms with van der Waals surface area (Å²) in [6.07, 6.45) is -0.170. The van der Waals surface area contributed by atoms with Gasteiger partial charge in [0.1, 0.15) is 6.04 Å². The maximum Gasteiger partial charge on any atom is 0.471 e. The Morgan fingerprint density at radius 1 is 1.07 bits per heavy atom. The number of amides is 2. The van der Waals surface area contributed by atoms with E-state index in [0.717, 1.165) is 37.7 Å². The van der Waals surface area contributed by atoms with Gasteiger partial charge >= 0.3 is 12.1 Å². The Hall–Kier alpha value is -2.35. The van der Waals surface area contributed by atoms with Gasteiger partial charge in [-0.15, -0.1) is 11.3 Å². The molecule has 1 saturated carbocycles. The van der Waals surface area contributed by atoms with Gasteiger partial charge in [0.2, 0.25) is 5.91 Å². The van der Waals surface area contributed by atoms with Crippen LogP contribution in [0.15, 0.2) is 47.8 Å². The average Bonchev–Trinajstić information content (AvgIpc) is 3.25. The van der Waals surface area contributed by atoms with Crippen LogP contribution < -0.4 is 5.32 Å². The van der Waals surface area contributed by atoms with Crippen molar-refractivity contribution in [3.05, 3.63) is 58.3 Å². The van der Waals surface area contributed by atoms with Crippen molar-refractivity contribution in [3.8, 4) is 0 Å². The van der Waals surface area contributed by atoms with Gasteiger partial charge in [0.15, 0.2) is 0 Å². The zero-order valence-corrected chi connectivity index (χ0v) is 17.3. The van der Waals surface area contributed by atoms with Crippen molar-refractivity contribution in [3.63, 3.8) is 0 Å². The second kappa shape index (κ2) is 10.1. The number of carbonyl (C=O) groups excluding carboxylic acids is 2. The summed E-state index contributed by atoms with van der Waals surface area (Å²) in [5.41, 5.74) is 0.801. The van der Waals surface area contributed by atoms with Gasteiger partial charge < -0.3 is 10.2 Å². The minimum atomic E-state index is -5.06. The van der Waals surface area contributed by atoms with E-state index >= 15 is 0 Å². The lowest BCUT2D eigenvalue weighted by atomic mass is 9.95. The minimum Gasteiger partial charge on any atom is -0.351 e. The molecule has 4 nitrogen and oxygen atoms in total. The van der Waals surface area contributed by atoms with Gasteiger partial charge in [-0.1, -0.05) is 55.7 Å². The first-order valence-electron chi connectivity index (χ1n) is 10.1. The van der Waals surface area contributed by atoms with Crippen LogP contribution in [-0.2, 0) is 16.0 Å². The first-order chi connectivity index (χ1) is 14.4. The first kappa shape index (κ1) is 22.3. The van der Waals surface area contributed by atoms with E-state index in [9.17, 15) is 22.8 Å². The molecule has 1 aliphatic carbocycles. The molecule has 0 unspecified atom stereocenters. The molecule has 30 heavy (non-hydrogen) atoms. The fourth-order valence-electron chi connectivity index (χ4n) is 3.80. The highest BCUT2D eigenvalue weighted by Gasteiger charge is 2.46. The molecule has 2 aromatic rings. The van der Waals surface area contributed by atoms with E-state index < -0.39 is 24.0 Å². The Labute approximate surface area is 178 Å². The van der Waals surface area contributed by atoms with E-state index in [0.29, 0.717) is 9.78 Å². The molecule has 1 fully saturated rings.